The third-order valence-electron chi connectivity index (χ3n) is 1.72. The van der Waals surface area contributed by atoms with Gasteiger partial charge in [0.1, 0.15) is 4.90 Å². The Morgan fingerprint density at radius 1 is 1.50 bits per heavy atom. The Hall–Kier alpha value is -0.130. The zero-order valence-corrected chi connectivity index (χ0v) is 11.0. The van der Waals surface area contributed by atoms with Crippen molar-refractivity contribution in [2.45, 2.75) is 11.8 Å². The molecule has 1 N–H and O–H groups in total. The third kappa shape index (κ3) is 2.93. The second-order valence-electron chi connectivity index (χ2n) is 2.67. The van der Waals surface area contributed by atoms with Gasteiger partial charge in [0.25, 0.3) is 10.1 Å². The monoisotopic (exact) mass is 222 g/mol. The van der Waals surface area contributed by atoms with E-state index < -0.39 is 10.1 Å². The van der Waals surface area contributed by atoms with Crippen molar-refractivity contribution >= 4 is 16.2 Å². The maximum atomic E-state index is 10.9. The van der Waals surface area contributed by atoms with E-state index in [1.807, 2.05) is 0 Å². The molecule has 3 nitrogen and oxygen atoms in total. The van der Waals surface area contributed by atoms with Crippen LogP contribution in [0.2, 0.25) is 0 Å². The average Bonchev–Trinajstić information content (AvgIpc) is 2.01. The molecule has 0 aliphatic carbocycles. The summed E-state index contributed by atoms with van der Waals surface area (Å²) >= 11 is 0. The fraction of sp³-hybridized carbons (Fsp3) is 0.111. The summed E-state index contributed by atoms with van der Waals surface area (Å²) in [6, 6.07) is 4.92. The maximum absolute atomic E-state index is 10.9. The molecule has 0 atom stereocenters. The molecule has 0 saturated carbocycles. The predicted molar refractivity (Wildman–Crippen MR) is 52.2 cm³/mol. The maximum Gasteiger partial charge on any atom is 1.00 e. The number of rotatable bonds is 2. The third-order valence-corrected chi connectivity index (χ3v) is 2.79. The molecular weight excluding hydrogens is 211 g/mol. The number of benzene rings is 1. The van der Waals surface area contributed by atoms with Crippen molar-refractivity contribution in [3.05, 3.63) is 35.9 Å². The van der Waals surface area contributed by atoms with Crippen molar-refractivity contribution in [1.82, 2.24) is 0 Å². The summed E-state index contributed by atoms with van der Waals surface area (Å²) in [4.78, 5) is -0.0648. The van der Waals surface area contributed by atoms with E-state index in [1.165, 1.54) is 6.08 Å². The molecule has 1 aromatic rings. The summed E-state index contributed by atoms with van der Waals surface area (Å²) in [6.07, 6.45) is 1.40. The van der Waals surface area contributed by atoms with Crippen molar-refractivity contribution in [1.29, 1.82) is 0 Å². The van der Waals surface area contributed by atoms with Gasteiger partial charge in [-0.2, -0.15) is 8.42 Å². The van der Waals surface area contributed by atoms with Crippen LogP contribution in [0.3, 0.4) is 0 Å². The molecule has 0 amide bonds. The molecule has 0 unspecified atom stereocenters. The number of aryl methyl sites for hydroxylation is 1. The molecule has 0 heterocycles. The molecule has 0 bridgehead atoms. The second-order valence-corrected chi connectivity index (χ2v) is 4.03. The molecule has 0 spiro atoms. The molecule has 1 aromatic carbocycles. The van der Waals surface area contributed by atoms with Gasteiger partial charge in [0.05, 0.1) is 0 Å². The van der Waals surface area contributed by atoms with Crippen molar-refractivity contribution in [3.8, 4) is 0 Å². The van der Waals surface area contributed by atoms with Crippen LogP contribution in [0.4, 0.5) is 0 Å². The summed E-state index contributed by atoms with van der Waals surface area (Å²) in [5.74, 6) is 0. The standard InChI is InChI=1S/C9H10O3S.Na.H/c1-3-8-6-4-5-7(2)9(8)13(10,11)12;;/h3-6H,1H2,2H3,(H,10,11,12);;/q;+1;-1. The molecule has 0 fully saturated rings. The van der Waals surface area contributed by atoms with Crippen LogP contribution in [0.1, 0.15) is 12.6 Å². The van der Waals surface area contributed by atoms with Crippen molar-refractivity contribution in [2.75, 3.05) is 0 Å². The van der Waals surface area contributed by atoms with Gasteiger partial charge in [-0.1, -0.05) is 30.9 Å². The molecule has 0 saturated heterocycles. The Kier molecular flexibility index (Phi) is 5.05. The van der Waals surface area contributed by atoms with Crippen molar-refractivity contribution in [2.24, 2.45) is 0 Å². The van der Waals surface area contributed by atoms with Gasteiger partial charge in [-0.25, -0.2) is 0 Å². The van der Waals surface area contributed by atoms with Crippen molar-refractivity contribution < 1.29 is 44.0 Å². The van der Waals surface area contributed by atoms with Gasteiger partial charge in [-0.15, -0.1) is 0 Å². The van der Waals surface area contributed by atoms with Gasteiger partial charge in [0.2, 0.25) is 0 Å². The molecule has 0 aromatic heterocycles. The molecule has 0 radical (unpaired) electrons. The quantitative estimate of drug-likeness (QED) is 0.516. The molecule has 0 aliphatic heterocycles. The topological polar surface area (TPSA) is 54.4 Å². The van der Waals surface area contributed by atoms with E-state index in [4.69, 9.17) is 4.55 Å². The van der Waals surface area contributed by atoms with E-state index in [-0.39, 0.29) is 35.9 Å². The molecule has 1 rings (SSSR count). The van der Waals surface area contributed by atoms with Gasteiger partial charge in [0, 0.05) is 0 Å². The molecule has 72 valence electrons. The van der Waals surface area contributed by atoms with Crippen LogP contribution in [-0.4, -0.2) is 13.0 Å². The molecule has 5 heteroatoms. The van der Waals surface area contributed by atoms with Crippen LogP contribution < -0.4 is 29.6 Å². The zero-order chi connectivity index (χ0) is 10.1. The van der Waals surface area contributed by atoms with Gasteiger partial charge < -0.3 is 1.43 Å². The average molecular weight is 222 g/mol. The van der Waals surface area contributed by atoms with Crippen LogP contribution in [0.25, 0.3) is 6.08 Å². The van der Waals surface area contributed by atoms with Gasteiger partial charge >= 0.3 is 29.6 Å². The van der Waals surface area contributed by atoms with Gasteiger partial charge in [0.15, 0.2) is 0 Å². The SMILES string of the molecule is C=Cc1cccc(C)c1S(=O)(=O)O.[H-].[Na+]. The largest absolute Gasteiger partial charge is 1.00 e. The first kappa shape index (κ1) is 13.9. The van der Waals surface area contributed by atoms with E-state index >= 15 is 0 Å². The zero-order valence-electron chi connectivity index (χ0n) is 9.19. The summed E-state index contributed by atoms with van der Waals surface area (Å²) in [5, 5.41) is 0. The van der Waals surface area contributed by atoms with E-state index in [0.717, 1.165) is 0 Å². The number of hydrogen-bond acceptors (Lipinski definition) is 2. The minimum absolute atomic E-state index is 0. The fourth-order valence-corrected chi connectivity index (χ4v) is 2.11. The predicted octanol–water partition coefficient (Wildman–Crippen LogP) is -0.999. The van der Waals surface area contributed by atoms with E-state index in [1.54, 1.807) is 25.1 Å². The van der Waals surface area contributed by atoms with Crippen LogP contribution in [0.15, 0.2) is 29.7 Å². The smallest absolute Gasteiger partial charge is 1.00 e. The van der Waals surface area contributed by atoms with Gasteiger partial charge in [-0.3, -0.25) is 4.55 Å². The van der Waals surface area contributed by atoms with Gasteiger partial charge in [-0.05, 0) is 18.1 Å². The summed E-state index contributed by atoms with van der Waals surface area (Å²) < 4.78 is 30.8. The van der Waals surface area contributed by atoms with E-state index in [2.05, 4.69) is 6.58 Å². The first-order valence-electron chi connectivity index (χ1n) is 3.66. The fourth-order valence-electron chi connectivity index (χ4n) is 1.19. The Bertz CT molecular complexity index is 443. The van der Waals surface area contributed by atoms with Crippen LogP contribution in [-0.2, 0) is 10.1 Å². The Balaban J connectivity index is 0. The minimum Gasteiger partial charge on any atom is -1.00 e. The Morgan fingerprint density at radius 2 is 2.07 bits per heavy atom. The van der Waals surface area contributed by atoms with Crippen molar-refractivity contribution in [3.63, 3.8) is 0 Å². The number of hydrogen-bond donors (Lipinski definition) is 1. The van der Waals surface area contributed by atoms with E-state index in [0.29, 0.717) is 11.1 Å². The summed E-state index contributed by atoms with van der Waals surface area (Å²) in [5.41, 5.74) is 0.933. The van der Waals surface area contributed by atoms with E-state index in [9.17, 15) is 8.42 Å². The first-order valence-corrected chi connectivity index (χ1v) is 5.10. The second kappa shape index (κ2) is 5.09. The molecule has 14 heavy (non-hydrogen) atoms. The summed E-state index contributed by atoms with van der Waals surface area (Å²) in [7, 11) is -4.15. The van der Waals surface area contributed by atoms with Crippen LogP contribution in [0.5, 0.6) is 0 Å². The normalized spacial score (nSPS) is 10.4. The molecule has 0 aliphatic rings. The minimum atomic E-state index is -4.15. The first-order chi connectivity index (χ1) is 5.96. The Morgan fingerprint density at radius 3 is 2.43 bits per heavy atom. The van der Waals surface area contributed by atoms with Crippen LogP contribution in [0, 0.1) is 6.92 Å². The summed E-state index contributed by atoms with van der Waals surface area (Å²) in [6.45, 7) is 5.09. The Labute approximate surface area is 107 Å². The molecular formula is C9H11NaO3S. The van der Waals surface area contributed by atoms with Crippen LogP contribution >= 0.6 is 0 Å².